The summed E-state index contributed by atoms with van der Waals surface area (Å²) in [6.07, 6.45) is 3.44. The maximum absolute atomic E-state index is 14.7. The fraction of sp³-hybridized carbons (Fsp3) is 0.409. The van der Waals surface area contributed by atoms with Crippen molar-refractivity contribution >= 4 is 12.0 Å². The number of hydrogen-bond donors (Lipinski definition) is 0. The lowest BCUT2D eigenvalue weighted by Crippen LogP contribution is -2.47. The zero-order valence-corrected chi connectivity index (χ0v) is 15.0. The Balaban J connectivity index is 1.37. The zero-order valence-electron chi connectivity index (χ0n) is 15.0. The van der Waals surface area contributed by atoms with Crippen LogP contribution < -0.4 is 4.90 Å². The van der Waals surface area contributed by atoms with Gasteiger partial charge in [-0.05, 0) is 36.5 Å². The summed E-state index contributed by atoms with van der Waals surface area (Å²) in [6, 6.07) is 16.3. The smallest absolute Gasteiger partial charge is 0.157 e. The lowest BCUT2D eigenvalue weighted by atomic mass is 10.0. The Labute approximate surface area is 154 Å². The summed E-state index contributed by atoms with van der Waals surface area (Å²) in [5.41, 5.74) is 4.32. The predicted molar refractivity (Wildman–Crippen MR) is 103 cm³/mol. The monoisotopic (exact) mass is 352 g/mol. The van der Waals surface area contributed by atoms with E-state index in [4.69, 9.17) is 0 Å². The fourth-order valence-electron chi connectivity index (χ4n) is 4.29. The molecular formula is C22H25FN2O. The van der Waals surface area contributed by atoms with Gasteiger partial charge in [-0.1, -0.05) is 42.5 Å². The Kier molecular flexibility index (Phi) is 5.02. The van der Waals surface area contributed by atoms with Gasteiger partial charge in [-0.25, -0.2) is 4.39 Å². The second-order valence-corrected chi connectivity index (χ2v) is 7.34. The third kappa shape index (κ3) is 3.51. The van der Waals surface area contributed by atoms with Crippen LogP contribution in [0, 0.1) is 0 Å². The molecule has 2 aliphatic heterocycles. The summed E-state index contributed by atoms with van der Waals surface area (Å²) in [5, 5.41) is 0. The van der Waals surface area contributed by atoms with Crippen molar-refractivity contribution < 1.29 is 9.18 Å². The second kappa shape index (κ2) is 7.58. The molecule has 136 valence electrons. The first-order valence-electron chi connectivity index (χ1n) is 9.51. The quantitative estimate of drug-likeness (QED) is 0.603. The van der Waals surface area contributed by atoms with Gasteiger partial charge in [0.25, 0.3) is 0 Å². The number of benzene rings is 2. The molecule has 1 saturated heterocycles. The van der Waals surface area contributed by atoms with Crippen molar-refractivity contribution in [2.75, 3.05) is 24.5 Å². The molecule has 1 fully saturated rings. The molecule has 2 aromatic carbocycles. The van der Waals surface area contributed by atoms with Crippen LogP contribution in [0.2, 0.25) is 0 Å². The minimum Gasteiger partial charge on any atom is -0.368 e. The lowest BCUT2D eigenvalue weighted by Gasteiger charge is -2.39. The van der Waals surface area contributed by atoms with Gasteiger partial charge in [0.05, 0.1) is 0 Å². The molecule has 0 spiro atoms. The van der Waals surface area contributed by atoms with Crippen molar-refractivity contribution in [2.24, 2.45) is 0 Å². The number of rotatable bonds is 5. The Morgan fingerprint density at radius 1 is 1.08 bits per heavy atom. The number of piperidine rings is 1. The fourth-order valence-corrected chi connectivity index (χ4v) is 4.29. The second-order valence-electron chi connectivity index (χ2n) is 7.34. The van der Waals surface area contributed by atoms with E-state index in [1.807, 2.05) is 47.4 Å². The van der Waals surface area contributed by atoms with Gasteiger partial charge in [-0.2, -0.15) is 0 Å². The molecule has 26 heavy (non-hydrogen) atoms. The lowest BCUT2D eigenvalue weighted by molar-refractivity contribution is 0.0585. The SMILES string of the molecule is O=Cc1ccc2c(c1)N(C1CCN(C(F)Cc3ccccc3)CC1)CC2. The molecule has 4 rings (SSSR count). The number of halogens is 1. The topological polar surface area (TPSA) is 23.6 Å². The summed E-state index contributed by atoms with van der Waals surface area (Å²) >= 11 is 0. The first-order valence-corrected chi connectivity index (χ1v) is 9.51. The molecule has 2 aromatic rings. The van der Waals surface area contributed by atoms with E-state index in [-0.39, 0.29) is 0 Å². The summed E-state index contributed by atoms with van der Waals surface area (Å²) in [5.74, 6) is 0. The van der Waals surface area contributed by atoms with Crippen LogP contribution in [-0.4, -0.2) is 43.2 Å². The minimum absolute atomic E-state index is 0.443. The average Bonchev–Trinajstić information content (AvgIpc) is 3.12. The highest BCUT2D eigenvalue weighted by atomic mass is 19.1. The van der Waals surface area contributed by atoms with Crippen LogP contribution in [0.25, 0.3) is 0 Å². The van der Waals surface area contributed by atoms with E-state index in [1.54, 1.807) is 0 Å². The van der Waals surface area contributed by atoms with E-state index >= 15 is 0 Å². The standard InChI is InChI=1S/C22H25FN2O/c23-22(15-17-4-2-1-3-5-17)24-11-9-20(10-12-24)25-13-8-19-7-6-18(16-26)14-21(19)25/h1-7,14,16,20,22H,8-13,15H2. The van der Waals surface area contributed by atoms with Crippen molar-refractivity contribution in [1.29, 1.82) is 0 Å². The molecule has 1 unspecified atom stereocenters. The number of carbonyl (C=O) groups excluding carboxylic acids is 1. The number of hydrogen-bond acceptors (Lipinski definition) is 3. The summed E-state index contributed by atoms with van der Waals surface area (Å²) in [6.45, 7) is 2.58. The molecule has 0 aromatic heterocycles. The van der Waals surface area contributed by atoms with Gasteiger partial charge in [0.2, 0.25) is 0 Å². The molecule has 0 radical (unpaired) electrons. The Hall–Kier alpha value is -2.20. The highest BCUT2D eigenvalue weighted by Gasteiger charge is 2.31. The predicted octanol–water partition coefficient (Wildman–Crippen LogP) is 3.86. The van der Waals surface area contributed by atoms with Crippen molar-refractivity contribution in [3.05, 3.63) is 65.2 Å². The van der Waals surface area contributed by atoms with E-state index in [0.717, 1.165) is 56.3 Å². The van der Waals surface area contributed by atoms with Crippen LogP contribution in [0.3, 0.4) is 0 Å². The minimum atomic E-state index is -0.911. The highest BCUT2D eigenvalue weighted by Crippen LogP contribution is 2.33. The van der Waals surface area contributed by atoms with Crippen LogP contribution in [0.4, 0.5) is 10.1 Å². The van der Waals surface area contributed by atoms with Gasteiger partial charge < -0.3 is 4.90 Å². The molecule has 2 heterocycles. The van der Waals surface area contributed by atoms with Gasteiger partial charge >= 0.3 is 0 Å². The molecule has 4 heteroatoms. The van der Waals surface area contributed by atoms with E-state index in [2.05, 4.69) is 11.0 Å². The summed E-state index contributed by atoms with van der Waals surface area (Å²) in [4.78, 5) is 15.5. The third-order valence-electron chi connectivity index (χ3n) is 5.76. The normalized spacial score (nSPS) is 19.3. The van der Waals surface area contributed by atoms with Crippen LogP contribution in [-0.2, 0) is 12.8 Å². The maximum Gasteiger partial charge on any atom is 0.157 e. The average molecular weight is 352 g/mol. The molecule has 2 aliphatic rings. The van der Waals surface area contributed by atoms with E-state index in [1.165, 1.54) is 11.3 Å². The Morgan fingerprint density at radius 2 is 1.85 bits per heavy atom. The van der Waals surface area contributed by atoms with Crippen molar-refractivity contribution in [3.8, 4) is 0 Å². The van der Waals surface area contributed by atoms with Crippen LogP contribution >= 0.6 is 0 Å². The number of aldehydes is 1. The van der Waals surface area contributed by atoms with Crippen molar-refractivity contribution in [2.45, 2.75) is 38.0 Å². The molecule has 0 bridgehead atoms. The van der Waals surface area contributed by atoms with E-state index < -0.39 is 6.30 Å². The van der Waals surface area contributed by atoms with Gasteiger partial charge in [0.1, 0.15) is 6.29 Å². The Morgan fingerprint density at radius 3 is 2.58 bits per heavy atom. The van der Waals surface area contributed by atoms with Crippen LogP contribution in [0.1, 0.15) is 34.3 Å². The molecule has 3 nitrogen and oxygen atoms in total. The molecule has 0 amide bonds. The number of carbonyl (C=O) groups is 1. The van der Waals surface area contributed by atoms with E-state index in [0.29, 0.717) is 12.5 Å². The zero-order chi connectivity index (χ0) is 17.9. The number of nitrogens with zero attached hydrogens (tertiary/aromatic N) is 2. The highest BCUT2D eigenvalue weighted by molar-refractivity contribution is 5.78. The number of fused-ring (bicyclic) bond motifs is 1. The van der Waals surface area contributed by atoms with Crippen LogP contribution in [0.15, 0.2) is 48.5 Å². The maximum atomic E-state index is 14.7. The largest absolute Gasteiger partial charge is 0.368 e. The Bertz CT molecular complexity index is 756. The molecule has 0 saturated carbocycles. The van der Waals surface area contributed by atoms with Crippen LogP contribution in [0.5, 0.6) is 0 Å². The number of anilines is 1. The summed E-state index contributed by atoms with van der Waals surface area (Å²) in [7, 11) is 0. The third-order valence-corrected chi connectivity index (χ3v) is 5.76. The van der Waals surface area contributed by atoms with Gasteiger partial charge in [-0.15, -0.1) is 0 Å². The van der Waals surface area contributed by atoms with E-state index in [9.17, 15) is 9.18 Å². The first-order chi connectivity index (χ1) is 12.7. The molecular weight excluding hydrogens is 327 g/mol. The van der Waals surface area contributed by atoms with Gasteiger partial charge in [0, 0.05) is 43.3 Å². The molecule has 1 atom stereocenters. The first kappa shape index (κ1) is 17.2. The summed E-state index contributed by atoms with van der Waals surface area (Å²) < 4.78 is 14.7. The number of likely N-dealkylation sites (tertiary alicyclic amines) is 1. The van der Waals surface area contributed by atoms with Crippen molar-refractivity contribution in [1.82, 2.24) is 4.90 Å². The molecule has 0 aliphatic carbocycles. The molecule has 0 N–H and O–H groups in total. The van der Waals surface area contributed by atoms with Gasteiger partial charge in [-0.3, -0.25) is 9.69 Å². The van der Waals surface area contributed by atoms with Gasteiger partial charge in [0.15, 0.2) is 6.30 Å². The van der Waals surface area contributed by atoms with Crippen molar-refractivity contribution in [3.63, 3.8) is 0 Å². The number of alkyl halides is 1.